The fourth-order valence-electron chi connectivity index (χ4n) is 3.80. The number of hydrogen-bond donors (Lipinski definition) is 0. The molecule has 0 aromatic carbocycles. The number of Topliss-reactive ketones (excluding diaryl/α,β-unsaturated/α-hetero) is 1. The number of amides is 1. The summed E-state index contributed by atoms with van der Waals surface area (Å²) in [5, 5.41) is 0. The summed E-state index contributed by atoms with van der Waals surface area (Å²) in [7, 11) is 0. The molecule has 0 aromatic rings. The molecule has 0 aromatic heterocycles. The number of rotatable bonds is 6. The van der Waals surface area contributed by atoms with Gasteiger partial charge in [0.05, 0.1) is 25.3 Å². The Labute approximate surface area is 151 Å². The number of ether oxygens (including phenoxy) is 2. The number of morpholine rings is 1. The summed E-state index contributed by atoms with van der Waals surface area (Å²) < 4.78 is 11.2. The van der Waals surface area contributed by atoms with Crippen molar-refractivity contribution < 1.29 is 19.1 Å². The van der Waals surface area contributed by atoms with E-state index in [0.717, 1.165) is 19.6 Å². The summed E-state index contributed by atoms with van der Waals surface area (Å²) >= 11 is 0. The van der Waals surface area contributed by atoms with Gasteiger partial charge in [0.1, 0.15) is 11.4 Å². The molecule has 2 atom stereocenters. The molecule has 0 radical (unpaired) electrons. The Morgan fingerprint density at radius 2 is 1.68 bits per heavy atom. The summed E-state index contributed by atoms with van der Waals surface area (Å²) in [4.78, 5) is 29.3. The van der Waals surface area contributed by atoms with Crippen LogP contribution in [-0.2, 0) is 14.3 Å². The predicted octanol–water partition coefficient (Wildman–Crippen LogP) is 2.70. The second-order valence-electron chi connectivity index (χ2n) is 8.14. The molecule has 144 valence electrons. The van der Waals surface area contributed by atoms with Crippen LogP contribution in [0.25, 0.3) is 0 Å². The summed E-state index contributed by atoms with van der Waals surface area (Å²) in [6, 6.07) is -0.102. The molecule has 2 bridgehead atoms. The SMILES string of the molecule is CCN(CC)CCC(=O)C1CC2COCC(C1)N2C(=O)OC(C)(C)C. The quantitative estimate of drug-likeness (QED) is 0.734. The maximum absolute atomic E-state index is 12.7. The van der Waals surface area contributed by atoms with E-state index in [2.05, 4.69) is 18.7 Å². The topological polar surface area (TPSA) is 59.1 Å². The molecule has 2 heterocycles. The first kappa shape index (κ1) is 20.2. The lowest BCUT2D eigenvalue weighted by Gasteiger charge is -2.48. The Morgan fingerprint density at radius 1 is 1.12 bits per heavy atom. The minimum Gasteiger partial charge on any atom is -0.444 e. The van der Waals surface area contributed by atoms with E-state index in [4.69, 9.17) is 9.47 Å². The van der Waals surface area contributed by atoms with E-state index in [1.165, 1.54) is 0 Å². The molecule has 2 aliphatic heterocycles. The van der Waals surface area contributed by atoms with Crippen molar-refractivity contribution in [2.45, 2.75) is 71.6 Å². The van der Waals surface area contributed by atoms with Crippen LogP contribution in [0.1, 0.15) is 53.9 Å². The van der Waals surface area contributed by atoms with Crippen molar-refractivity contribution in [3.63, 3.8) is 0 Å². The zero-order valence-electron chi connectivity index (χ0n) is 16.4. The molecule has 0 aliphatic carbocycles. The van der Waals surface area contributed by atoms with Crippen LogP contribution in [0.5, 0.6) is 0 Å². The van der Waals surface area contributed by atoms with Crippen LogP contribution in [0, 0.1) is 5.92 Å². The molecule has 2 aliphatic rings. The van der Waals surface area contributed by atoms with E-state index in [1.807, 2.05) is 25.7 Å². The van der Waals surface area contributed by atoms with Gasteiger partial charge in [0.15, 0.2) is 0 Å². The van der Waals surface area contributed by atoms with Crippen molar-refractivity contribution in [2.24, 2.45) is 5.92 Å². The molecule has 1 amide bonds. The van der Waals surface area contributed by atoms with Crippen LogP contribution in [0.3, 0.4) is 0 Å². The van der Waals surface area contributed by atoms with Gasteiger partial charge in [-0.3, -0.25) is 9.69 Å². The highest BCUT2D eigenvalue weighted by Crippen LogP contribution is 2.33. The maximum Gasteiger partial charge on any atom is 0.410 e. The summed E-state index contributed by atoms with van der Waals surface area (Å²) in [6.45, 7) is 13.6. The van der Waals surface area contributed by atoms with Gasteiger partial charge < -0.3 is 14.4 Å². The number of piperidine rings is 1. The van der Waals surface area contributed by atoms with Crippen LogP contribution in [0.2, 0.25) is 0 Å². The van der Waals surface area contributed by atoms with Gasteiger partial charge in [-0.25, -0.2) is 4.79 Å². The van der Waals surface area contributed by atoms with E-state index in [0.29, 0.717) is 38.3 Å². The minimum absolute atomic E-state index is 0.0353. The third kappa shape index (κ3) is 5.42. The van der Waals surface area contributed by atoms with Gasteiger partial charge in [0.25, 0.3) is 0 Å². The van der Waals surface area contributed by atoms with Gasteiger partial charge in [-0.1, -0.05) is 13.8 Å². The molecule has 0 spiro atoms. The van der Waals surface area contributed by atoms with Crippen LogP contribution >= 0.6 is 0 Å². The van der Waals surface area contributed by atoms with E-state index < -0.39 is 5.60 Å². The van der Waals surface area contributed by atoms with E-state index >= 15 is 0 Å². The molecule has 2 unspecified atom stereocenters. The largest absolute Gasteiger partial charge is 0.444 e. The zero-order valence-corrected chi connectivity index (χ0v) is 16.4. The van der Waals surface area contributed by atoms with Crippen molar-refractivity contribution in [1.82, 2.24) is 9.80 Å². The van der Waals surface area contributed by atoms with Gasteiger partial charge in [-0.15, -0.1) is 0 Å². The van der Waals surface area contributed by atoms with Crippen molar-refractivity contribution in [2.75, 3.05) is 32.8 Å². The van der Waals surface area contributed by atoms with Crippen LogP contribution in [0.15, 0.2) is 0 Å². The van der Waals surface area contributed by atoms with E-state index in [-0.39, 0.29) is 24.1 Å². The monoisotopic (exact) mass is 354 g/mol. The average Bonchev–Trinajstić information content (AvgIpc) is 2.52. The van der Waals surface area contributed by atoms with Crippen molar-refractivity contribution in [1.29, 1.82) is 0 Å². The minimum atomic E-state index is -0.511. The molecule has 25 heavy (non-hydrogen) atoms. The number of carbonyl (C=O) groups excluding carboxylic acids is 2. The van der Waals surface area contributed by atoms with E-state index in [1.54, 1.807) is 0 Å². The van der Waals surface area contributed by atoms with Crippen molar-refractivity contribution in [3.8, 4) is 0 Å². The Kier molecular flexibility index (Phi) is 6.86. The number of nitrogens with zero attached hydrogens (tertiary/aromatic N) is 2. The lowest BCUT2D eigenvalue weighted by atomic mass is 9.82. The summed E-state index contributed by atoms with van der Waals surface area (Å²) in [6.07, 6.45) is 1.69. The zero-order chi connectivity index (χ0) is 18.6. The normalized spacial score (nSPS) is 26.6. The maximum atomic E-state index is 12.7. The second kappa shape index (κ2) is 8.49. The van der Waals surface area contributed by atoms with Gasteiger partial charge in [0.2, 0.25) is 0 Å². The Balaban J connectivity index is 1.96. The third-order valence-corrected chi connectivity index (χ3v) is 5.15. The van der Waals surface area contributed by atoms with Crippen LogP contribution in [-0.4, -0.2) is 72.2 Å². The number of ketones is 1. The first-order chi connectivity index (χ1) is 11.7. The number of hydrogen-bond acceptors (Lipinski definition) is 5. The molecule has 6 nitrogen and oxygen atoms in total. The number of fused-ring (bicyclic) bond motifs is 2. The average molecular weight is 354 g/mol. The molecule has 2 fully saturated rings. The highest BCUT2D eigenvalue weighted by molar-refractivity contribution is 5.82. The highest BCUT2D eigenvalue weighted by Gasteiger charge is 2.44. The lowest BCUT2D eigenvalue weighted by Crippen LogP contribution is -2.60. The van der Waals surface area contributed by atoms with Gasteiger partial charge in [-0.2, -0.15) is 0 Å². The molecule has 2 saturated heterocycles. The summed E-state index contributed by atoms with van der Waals surface area (Å²) in [5.41, 5.74) is -0.511. The summed E-state index contributed by atoms with van der Waals surface area (Å²) in [5.74, 6) is 0.362. The van der Waals surface area contributed by atoms with Gasteiger partial charge >= 0.3 is 6.09 Å². The Hall–Kier alpha value is -1.14. The fourth-order valence-corrected chi connectivity index (χ4v) is 3.80. The van der Waals surface area contributed by atoms with Gasteiger partial charge in [0, 0.05) is 18.9 Å². The predicted molar refractivity (Wildman–Crippen MR) is 96.6 cm³/mol. The fraction of sp³-hybridized carbons (Fsp3) is 0.895. The van der Waals surface area contributed by atoms with Crippen molar-refractivity contribution in [3.05, 3.63) is 0 Å². The molecular weight excluding hydrogens is 320 g/mol. The highest BCUT2D eigenvalue weighted by atomic mass is 16.6. The lowest BCUT2D eigenvalue weighted by molar-refractivity contribution is -0.132. The molecule has 6 heteroatoms. The van der Waals surface area contributed by atoms with Crippen LogP contribution < -0.4 is 0 Å². The van der Waals surface area contributed by atoms with Crippen molar-refractivity contribution >= 4 is 11.9 Å². The smallest absolute Gasteiger partial charge is 0.410 e. The second-order valence-corrected chi connectivity index (χ2v) is 8.14. The molecule has 0 N–H and O–H groups in total. The molecule has 2 rings (SSSR count). The van der Waals surface area contributed by atoms with Gasteiger partial charge in [-0.05, 0) is 46.7 Å². The van der Waals surface area contributed by atoms with E-state index in [9.17, 15) is 9.59 Å². The Morgan fingerprint density at radius 3 is 2.16 bits per heavy atom. The standard InChI is InChI=1S/C19H34N2O4/c1-6-20(7-2)9-8-17(22)14-10-15-12-24-13-16(11-14)21(15)18(23)25-19(3,4)5/h14-16H,6-13H2,1-5H3. The first-order valence-corrected chi connectivity index (χ1v) is 9.59. The molecular formula is C19H34N2O4. The third-order valence-electron chi connectivity index (χ3n) is 5.15. The Bertz CT molecular complexity index is 457. The number of carbonyl (C=O) groups is 2. The van der Waals surface area contributed by atoms with Crippen LogP contribution in [0.4, 0.5) is 4.79 Å². The first-order valence-electron chi connectivity index (χ1n) is 9.59. The molecule has 0 saturated carbocycles.